The minimum Gasteiger partial charge on any atom is -0.475 e. The van der Waals surface area contributed by atoms with E-state index in [0.29, 0.717) is 24.3 Å². The Kier molecular flexibility index (Phi) is 16.5. The molecule has 12 rings (SSSR count). The SMILES string of the molecule is Cn1c(=O)n(-c2ccc(C(C)(C)C#N)cc2)c2c3cc(-c4cnc5ccc(CN)cc5c4)ccc3ncc21.Cn1c(=O)n(-c2ccc(C(C)(C)C#N)cc2)c2c3cc(-c4cnc5ccc(CNC(=O)OC(C)(C)C)cc5c4)ccc3ncc21.O=C(O)C(F)(F)F. The van der Waals surface area contributed by atoms with Gasteiger partial charge in [0.15, 0.2) is 0 Å². The molecule has 0 saturated carbocycles. The topological polar surface area (TPSA) is 255 Å². The van der Waals surface area contributed by atoms with Crippen LogP contribution in [0.1, 0.15) is 70.7 Å². The second-order valence-electron chi connectivity index (χ2n) is 23.7. The number of carboxylic acids is 1. The molecular weight excluding hydrogens is 1150 g/mol. The van der Waals surface area contributed by atoms with Crippen LogP contribution < -0.4 is 22.4 Å². The Balaban J connectivity index is 0.000000181. The number of nitrogens with one attached hydrogen (secondary N) is 1. The number of aromatic nitrogens is 8. The number of aliphatic carboxylic acids is 1. The van der Waals surface area contributed by atoms with Crippen molar-refractivity contribution in [1.82, 2.24) is 43.5 Å². The summed E-state index contributed by atoms with van der Waals surface area (Å²) in [6, 6.07) is 48.0. The molecule has 0 fully saturated rings. The fourth-order valence-corrected chi connectivity index (χ4v) is 10.4. The van der Waals surface area contributed by atoms with E-state index in [9.17, 15) is 38.1 Å². The van der Waals surface area contributed by atoms with Crippen LogP contribution in [0.3, 0.4) is 0 Å². The van der Waals surface area contributed by atoms with E-state index in [4.69, 9.17) is 25.4 Å². The number of fused-ring (bicyclic) bond motifs is 8. The lowest BCUT2D eigenvalue weighted by Crippen LogP contribution is -2.32. The van der Waals surface area contributed by atoms with Gasteiger partial charge in [0.2, 0.25) is 0 Å². The average Bonchev–Trinajstić information content (AvgIpc) is 1.56. The first-order valence-electron chi connectivity index (χ1n) is 28.4. The summed E-state index contributed by atoms with van der Waals surface area (Å²) >= 11 is 0. The van der Waals surface area contributed by atoms with Crippen molar-refractivity contribution in [3.8, 4) is 45.8 Å². The Morgan fingerprint density at radius 3 is 1.33 bits per heavy atom. The van der Waals surface area contributed by atoms with Crippen molar-refractivity contribution in [1.29, 1.82) is 10.5 Å². The number of carbonyl (C=O) groups excluding carboxylic acids is 1. The van der Waals surface area contributed by atoms with Crippen molar-refractivity contribution in [3.05, 3.63) is 201 Å². The lowest BCUT2D eigenvalue weighted by atomic mass is 9.86. The van der Waals surface area contributed by atoms with E-state index in [-0.39, 0.29) is 11.4 Å². The highest BCUT2D eigenvalue weighted by atomic mass is 19.4. The van der Waals surface area contributed by atoms with Gasteiger partial charge in [0.1, 0.15) is 5.60 Å². The number of nitrogens with two attached hydrogens (primary N) is 1. The number of halogens is 3. The van der Waals surface area contributed by atoms with Gasteiger partial charge in [-0.3, -0.25) is 38.2 Å². The summed E-state index contributed by atoms with van der Waals surface area (Å²) < 4.78 is 43.7. The number of carbonyl (C=O) groups is 2. The zero-order chi connectivity index (χ0) is 64.8. The van der Waals surface area contributed by atoms with Gasteiger partial charge in [-0.2, -0.15) is 23.7 Å². The Bertz CT molecular complexity index is 5040. The van der Waals surface area contributed by atoms with Crippen LogP contribution in [-0.2, 0) is 47.5 Å². The second kappa shape index (κ2) is 23.9. The van der Waals surface area contributed by atoms with Crippen LogP contribution in [0.25, 0.3) is 99.3 Å². The Morgan fingerprint density at radius 1 is 0.556 bits per heavy atom. The number of alkyl carbamates (subject to hydrolysis) is 1. The molecule has 0 aliphatic carbocycles. The maximum Gasteiger partial charge on any atom is 0.490 e. The number of imidazole rings is 2. The molecule has 18 nitrogen and oxygen atoms in total. The van der Waals surface area contributed by atoms with Crippen molar-refractivity contribution in [2.24, 2.45) is 19.8 Å². The zero-order valence-corrected chi connectivity index (χ0v) is 50.6. The van der Waals surface area contributed by atoms with Crippen LogP contribution >= 0.6 is 0 Å². The molecule has 0 unspecified atom stereocenters. The van der Waals surface area contributed by atoms with Gasteiger partial charge < -0.3 is 20.9 Å². The lowest BCUT2D eigenvalue weighted by Gasteiger charge is -2.19. The van der Waals surface area contributed by atoms with Crippen LogP contribution in [0.5, 0.6) is 0 Å². The third-order valence-corrected chi connectivity index (χ3v) is 15.5. The van der Waals surface area contributed by atoms with Crippen LogP contribution in [-0.4, -0.2) is 67.2 Å². The Labute approximate surface area is 513 Å². The highest BCUT2D eigenvalue weighted by molar-refractivity contribution is 6.06. The molecule has 6 heterocycles. The molecule has 6 aromatic heterocycles. The normalized spacial score (nSPS) is 11.9. The molecule has 0 aliphatic rings. The first-order valence-corrected chi connectivity index (χ1v) is 28.4. The summed E-state index contributed by atoms with van der Waals surface area (Å²) in [5.41, 5.74) is 19.0. The third kappa shape index (κ3) is 12.4. The predicted octanol–water partition coefficient (Wildman–Crippen LogP) is 12.9. The van der Waals surface area contributed by atoms with Gasteiger partial charge in [0, 0.05) is 72.3 Å². The summed E-state index contributed by atoms with van der Waals surface area (Å²) in [6.07, 6.45) is 1.63. The van der Waals surface area contributed by atoms with E-state index in [2.05, 4.69) is 56.7 Å². The molecule has 0 bridgehead atoms. The number of nitriles is 2. The minimum absolute atomic E-state index is 0.159. The summed E-state index contributed by atoms with van der Waals surface area (Å²) in [5.74, 6) is -2.76. The highest BCUT2D eigenvalue weighted by Crippen LogP contribution is 2.35. The predicted molar refractivity (Wildman–Crippen MR) is 341 cm³/mol. The van der Waals surface area contributed by atoms with Gasteiger partial charge in [-0.05, 0) is 167 Å². The summed E-state index contributed by atoms with van der Waals surface area (Å²) in [5, 5.41) is 32.7. The molecule has 0 atom stereocenters. The number of hydrogen-bond acceptors (Lipinski definition) is 12. The van der Waals surface area contributed by atoms with Crippen molar-refractivity contribution in [2.45, 2.75) is 84.2 Å². The molecule has 0 aliphatic heterocycles. The number of nitrogens with zero attached hydrogens (tertiary/aromatic N) is 10. The number of benzene rings is 6. The Morgan fingerprint density at radius 2 is 0.944 bits per heavy atom. The number of aryl methyl sites for hydroxylation is 2. The van der Waals surface area contributed by atoms with Gasteiger partial charge >= 0.3 is 29.6 Å². The number of hydrogen-bond donors (Lipinski definition) is 3. The molecule has 4 N–H and O–H groups in total. The fraction of sp³-hybridized carbons (Fsp3) is 0.217. The molecule has 12 aromatic rings. The van der Waals surface area contributed by atoms with Gasteiger partial charge in [-0.15, -0.1) is 0 Å². The molecular formula is C69H61F3N12O6. The van der Waals surface area contributed by atoms with Crippen LogP contribution in [0.15, 0.2) is 168 Å². The molecule has 0 radical (unpaired) electrons. The van der Waals surface area contributed by atoms with Gasteiger partial charge in [-0.1, -0.05) is 48.5 Å². The monoisotopic (exact) mass is 1210 g/mol. The molecule has 1 amide bonds. The number of ether oxygens (including phenoxy) is 1. The molecule has 0 spiro atoms. The first-order chi connectivity index (χ1) is 42.6. The number of rotatable bonds is 9. The van der Waals surface area contributed by atoms with Crippen molar-refractivity contribution in [3.63, 3.8) is 0 Å². The standard InChI is InChI=1S/C36H34N6O3.C31H26N6O.C2HF3O2/c1-35(2,3)45-33(43)40-18-22-7-13-29-24(15-22)16-25(19-38-29)23-8-14-30-28(17-23)32-31(20-39-30)41(6)34(44)42(32)27-11-9-26(10-12-27)36(4,5)21-37;1-31(2,18-33)23-6-8-24(9-7-23)37-29-25-14-20(5-11-27(25)35-17-28(29)36(3)30(37)38)22-13-21-12-19(15-32)4-10-26(21)34-16-22;3-2(4,5)1(6)7/h7-17,19-20H,18H2,1-6H3,(H,40,43);4-14,16-17H,15,32H2,1-3H3;(H,6,7). The third-order valence-electron chi connectivity index (χ3n) is 15.5. The summed E-state index contributed by atoms with van der Waals surface area (Å²) in [7, 11) is 3.50. The van der Waals surface area contributed by atoms with E-state index in [1.807, 2.05) is 170 Å². The van der Waals surface area contributed by atoms with Crippen molar-refractivity contribution in [2.75, 3.05) is 0 Å². The molecule has 6 aromatic carbocycles. The number of pyridine rings is 4. The zero-order valence-electron chi connectivity index (χ0n) is 50.6. The molecule has 21 heteroatoms. The van der Waals surface area contributed by atoms with E-state index in [1.165, 1.54) is 0 Å². The number of carboxylic acid groups (broad SMARTS) is 1. The molecule has 90 heavy (non-hydrogen) atoms. The molecule has 0 saturated heterocycles. The number of amides is 1. The summed E-state index contributed by atoms with van der Waals surface area (Å²) in [6.45, 7) is 13.8. The van der Waals surface area contributed by atoms with Gasteiger partial charge in [0.05, 0.1) is 90.9 Å². The van der Waals surface area contributed by atoms with E-state index in [1.54, 1.807) is 44.8 Å². The van der Waals surface area contributed by atoms with Crippen LogP contribution in [0.4, 0.5) is 18.0 Å². The van der Waals surface area contributed by atoms with Gasteiger partial charge in [-0.25, -0.2) is 19.2 Å². The smallest absolute Gasteiger partial charge is 0.475 e. The van der Waals surface area contributed by atoms with Gasteiger partial charge in [0.25, 0.3) is 0 Å². The highest BCUT2D eigenvalue weighted by Gasteiger charge is 2.38. The largest absolute Gasteiger partial charge is 0.490 e. The quantitative estimate of drug-likeness (QED) is 0.122. The summed E-state index contributed by atoms with van der Waals surface area (Å²) in [4.78, 5) is 66.7. The van der Waals surface area contributed by atoms with E-state index in [0.717, 1.165) is 110 Å². The average molecular weight is 1210 g/mol. The lowest BCUT2D eigenvalue weighted by molar-refractivity contribution is -0.192. The maximum absolute atomic E-state index is 13.6. The van der Waals surface area contributed by atoms with Crippen molar-refractivity contribution < 1.29 is 32.6 Å². The van der Waals surface area contributed by atoms with Crippen LogP contribution in [0, 0.1) is 22.7 Å². The maximum atomic E-state index is 13.6. The second-order valence-corrected chi connectivity index (χ2v) is 23.7. The minimum atomic E-state index is -5.08. The van der Waals surface area contributed by atoms with Crippen molar-refractivity contribution >= 4 is 77.7 Å². The van der Waals surface area contributed by atoms with E-state index >= 15 is 0 Å². The molecule has 454 valence electrons. The number of alkyl halides is 3. The Hall–Kier alpha value is -11.0. The fourth-order valence-electron chi connectivity index (χ4n) is 10.4. The van der Waals surface area contributed by atoms with Crippen LogP contribution in [0.2, 0.25) is 0 Å². The van der Waals surface area contributed by atoms with E-state index < -0.39 is 34.7 Å². The first kappa shape index (κ1) is 62.0.